The van der Waals surface area contributed by atoms with E-state index in [0.29, 0.717) is 29.4 Å². The van der Waals surface area contributed by atoms with Crippen molar-refractivity contribution in [3.05, 3.63) is 41.7 Å². The number of benzene rings is 1. The fraction of sp³-hybridized carbons (Fsp3) is 0.458. The van der Waals surface area contributed by atoms with Crippen LogP contribution >= 0.6 is 0 Å². The van der Waals surface area contributed by atoms with Crippen molar-refractivity contribution in [2.24, 2.45) is 5.92 Å². The first-order valence-corrected chi connectivity index (χ1v) is 11.2. The van der Waals surface area contributed by atoms with E-state index in [0.717, 1.165) is 0 Å². The molecule has 1 aromatic heterocycles. The predicted molar refractivity (Wildman–Crippen MR) is 119 cm³/mol. The number of rotatable bonds is 6. The number of likely N-dealkylation sites (tertiary alicyclic amines) is 1. The lowest BCUT2D eigenvalue weighted by molar-refractivity contribution is -0.137. The normalized spacial score (nSPS) is 26.0. The molecule has 3 fully saturated rings. The maximum atomic E-state index is 12.5. The second-order valence-corrected chi connectivity index (χ2v) is 8.70. The van der Waals surface area contributed by atoms with E-state index in [1.807, 2.05) is 6.07 Å². The quantitative estimate of drug-likeness (QED) is 0.390. The van der Waals surface area contributed by atoms with Crippen molar-refractivity contribution in [1.29, 1.82) is 0 Å². The number of nitrogens with zero attached hydrogens (tertiary/aromatic N) is 3. The fourth-order valence-electron chi connectivity index (χ4n) is 4.01. The molecule has 0 spiro atoms. The van der Waals surface area contributed by atoms with Crippen LogP contribution in [0.3, 0.4) is 0 Å². The number of aliphatic hydroxyl groups is 1. The molecule has 2 N–H and O–H groups in total. The molecule has 9 nitrogen and oxygen atoms in total. The summed E-state index contributed by atoms with van der Waals surface area (Å²) in [5, 5.41) is 18.2. The Labute approximate surface area is 191 Å². The second-order valence-electron chi connectivity index (χ2n) is 8.70. The summed E-state index contributed by atoms with van der Waals surface area (Å²) in [6.07, 6.45) is 4.42. The number of amides is 1. The van der Waals surface area contributed by atoms with Crippen molar-refractivity contribution in [3.63, 3.8) is 0 Å². The van der Waals surface area contributed by atoms with Crippen LogP contribution in [0.2, 0.25) is 0 Å². The molecular weight excluding hydrogens is 424 g/mol. The summed E-state index contributed by atoms with van der Waals surface area (Å²) in [7, 11) is 1.65. The molecule has 2 aromatic rings. The van der Waals surface area contributed by atoms with E-state index < -0.39 is 11.6 Å². The molecule has 172 valence electrons. The van der Waals surface area contributed by atoms with Crippen LogP contribution < -0.4 is 5.32 Å². The van der Waals surface area contributed by atoms with Crippen molar-refractivity contribution in [1.82, 2.24) is 14.7 Å². The lowest BCUT2D eigenvalue weighted by Crippen LogP contribution is -2.37. The van der Waals surface area contributed by atoms with Gasteiger partial charge in [-0.2, -0.15) is 5.10 Å². The number of carbonyl (C=O) groups excluding carboxylic acids is 2. The van der Waals surface area contributed by atoms with Gasteiger partial charge in [-0.05, 0) is 43.9 Å². The van der Waals surface area contributed by atoms with Crippen LogP contribution in [0.15, 0.2) is 30.5 Å². The number of epoxide rings is 1. The summed E-state index contributed by atoms with van der Waals surface area (Å²) in [5.41, 5.74) is 0.370. The van der Waals surface area contributed by atoms with Crippen LogP contribution in [0.1, 0.15) is 42.2 Å². The summed E-state index contributed by atoms with van der Waals surface area (Å²) in [4.78, 5) is 26.1. The average molecular weight is 450 g/mol. The molecule has 0 radical (unpaired) electrons. The number of esters is 1. The molecule has 33 heavy (non-hydrogen) atoms. The summed E-state index contributed by atoms with van der Waals surface area (Å²) in [6, 6.07) is 7.21. The Morgan fingerprint density at radius 1 is 1.42 bits per heavy atom. The van der Waals surface area contributed by atoms with Gasteiger partial charge in [0.05, 0.1) is 24.2 Å². The molecule has 1 amide bonds. The van der Waals surface area contributed by atoms with Gasteiger partial charge >= 0.3 is 5.97 Å². The van der Waals surface area contributed by atoms with Crippen LogP contribution in [0.5, 0.6) is 0 Å². The van der Waals surface area contributed by atoms with Crippen molar-refractivity contribution >= 4 is 17.6 Å². The number of hydrogen-bond acceptors (Lipinski definition) is 7. The molecule has 9 heteroatoms. The zero-order valence-corrected chi connectivity index (χ0v) is 18.6. The molecule has 3 heterocycles. The topological polar surface area (TPSA) is 109 Å². The Bertz CT molecular complexity index is 1160. The van der Waals surface area contributed by atoms with E-state index in [-0.39, 0.29) is 37.0 Å². The number of anilines is 1. The van der Waals surface area contributed by atoms with Gasteiger partial charge in [0.1, 0.15) is 6.10 Å². The Morgan fingerprint density at radius 2 is 2.24 bits per heavy atom. The minimum absolute atomic E-state index is 0.122. The highest BCUT2D eigenvalue weighted by Crippen LogP contribution is 2.44. The van der Waals surface area contributed by atoms with Gasteiger partial charge in [-0.15, -0.1) is 0 Å². The number of likely N-dealkylation sites (N-methyl/N-ethyl adjacent to an activating group) is 1. The molecular formula is C24H26N4O5. The largest absolute Gasteiger partial charge is 0.461 e. The summed E-state index contributed by atoms with van der Waals surface area (Å²) >= 11 is 0. The number of ether oxygens (including phenoxy) is 2. The lowest BCUT2D eigenvalue weighted by Gasteiger charge is -2.13. The molecule has 1 aromatic carbocycles. The lowest BCUT2D eigenvalue weighted by atomic mass is 10.0. The molecule has 5 rings (SSSR count). The minimum Gasteiger partial charge on any atom is -0.461 e. The van der Waals surface area contributed by atoms with Gasteiger partial charge in [-0.25, -0.2) is 9.48 Å². The van der Waals surface area contributed by atoms with Crippen molar-refractivity contribution < 1.29 is 24.2 Å². The standard InChI is InChI=1S/C24H26N4O5/c1-3-32-22(29)19-18(25-21-20(33-21)16-7-8-16)14-28(26-19)17-6-4-5-15(13-17)9-10-24(31)11-12-27(2)23(24)30/h4-6,13-14,16,20-21,25,31H,3,7-8,11-12H2,1-2H3/t20?,21?,24-/m0/s1. The summed E-state index contributed by atoms with van der Waals surface area (Å²) < 4.78 is 12.5. The third-order valence-electron chi connectivity index (χ3n) is 6.13. The zero-order chi connectivity index (χ0) is 23.2. The van der Waals surface area contributed by atoms with Crippen LogP contribution in [0.4, 0.5) is 5.69 Å². The van der Waals surface area contributed by atoms with Gasteiger partial charge in [-0.1, -0.05) is 17.9 Å². The number of carbonyl (C=O) groups is 2. The fourth-order valence-corrected chi connectivity index (χ4v) is 4.01. The summed E-state index contributed by atoms with van der Waals surface area (Å²) in [6.45, 7) is 2.46. The first-order valence-electron chi connectivity index (χ1n) is 11.2. The number of hydrogen-bond donors (Lipinski definition) is 2. The maximum absolute atomic E-state index is 12.5. The van der Waals surface area contributed by atoms with Crippen LogP contribution in [0.25, 0.3) is 5.69 Å². The Balaban J connectivity index is 1.40. The predicted octanol–water partition coefficient (Wildman–Crippen LogP) is 1.54. The van der Waals surface area contributed by atoms with Crippen molar-refractivity contribution in [3.8, 4) is 17.5 Å². The molecule has 3 aliphatic rings. The van der Waals surface area contributed by atoms with Crippen molar-refractivity contribution in [2.75, 3.05) is 25.5 Å². The Morgan fingerprint density at radius 3 is 2.94 bits per heavy atom. The van der Waals surface area contributed by atoms with Gasteiger partial charge in [0.2, 0.25) is 5.60 Å². The van der Waals surface area contributed by atoms with Gasteiger partial charge in [0, 0.05) is 25.6 Å². The number of nitrogens with one attached hydrogen (secondary N) is 1. The molecule has 3 atom stereocenters. The number of aromatic nitrogens is 2. The molecule has 2 aliphatic heterocycles. The Hall–Kier alpha value is -3.35. The van der Waals surface area contributed by atoms with Crippen LogP contribution in [-0.2, 0) is 14.3 Å². The van der Waals surface area contributed by atoms with E-state index in [2.05, 4.69) is 22.3 Å². The van der Waals surface area contributed by atoms with Gasteiger partial charge < -0.3 is 24.8 Å². The van der Waals surface area contributed by atoms with E-state index in [1.165, 1.54) is 17.7 Å². The molecule has 2 saturated heterocycles. The highest BCUT2D eigenvalue weighted by molar-refractivity contribution is 5.93. The maximum Gasteiger partial charge on any atom is 0.361 e. The van der Waals surface area contributed by atoms with Gasteiger partial charge in [0.25, 0.3) is 5.91 Å². The van der Waals surface area contributed by atoms with Crippen LogP contribution in [0, 0.1) is 17.8 Å². The van der Waals surface area contributed by atoms with Crippen molar-refractivity contribution in [2.45, 2.75) is 44.1 Å². The third-order valence-corrected chi connectivity index (χ3v) is 6.13. The first-order chi connectivity index (χ1) is 15.9. The molecule has 1 aliphatic carbocycles. The molecule has 1 saturated carbocycles. The van der Waals surface area contributed by atoms with E-state index in [4.69, 9.17) is 9.47 Å². The monoisotopic (exact) mass is 450 g/mol. The van der Waals surface area contributed by atoms with Gasteiger partial charge in [0.15, 0.2) is 11.9 Å². The zero-order valence-electron chi connectivity index (χ0n) is 18.6. The molecule has 0 bridgehead atoms. The van der Waals surface area contributed by atoms with E-state index in [9.17, 15) is 14.7 Å². The summed E-state index contributed by atoms with van der Waals surface area (Å²) in [5.74, 6) is 5.32. The highest BCUT2D eigenvalue weighted by Gasteiger charge is 2.50. The van der Waals surface area contributed by atoms with E-state index in [1.54, 1.807) is 43.0 Å². The minimum atomic E-state index is -1.66. The third kappa shape index (κ3) is 4.32. The van der Waals surface area contributed by atoms with Crippen LogP contribution in [-0.4, -0.2) is 69.8 Å². The van der Waals surface area contributed by atoms with Gasteiger partial charge in [-0.3, -0.25) is 4.79 Å². The first kappa shape index (κ1) is 21.5. The second kappa shape index (κ2) is 8.21. The SMILES string of the molecule is CCOC(=O)c1nn(-c2cccc(C#C[C@]3(O)CCN(C)C3=O)c2)cc1NC1OC1C1CC1. The Kier molecular flexibility index (Phi) is 5.35. The smallest absolute Gasteiger partial charge is 0.361 e. The molecule has 2 unspecified atom stereocenters. The van der Waals surface area contributed by atoms with E-state index >= 15 is 0 Å². The average Bonchev–Trinajstić information content (AvgIpc) is 3.72. The highest BCUT2D eigenvalue weighted by atomic mass is 16.6.